The Labute approximate surface area is 65.5 Å². The summed E-state index contributed by atoms with van der Waals surface area (Å²) in [5.74, 6) is 0. The highest BCUT2D eigenvalue weighted by Crippen LogP contribution is 2.17. The van der Waals surface area contributed by atoms with Crippen molar-refractivity contribution in [2.24, 2.45) is 5.73 Å². The molecule has 5 heteroatoms. The van der Waals surface area contributed by atoms with E-state index in [-0.39, 0.29) is 6.15 Å². The highest BCUT2D eigenvalue weighted by atomic mass is 19.4. The Kier molecular flexibility index (Phi) is 15.0. The Bertz CT molecular complexity index is 61.3. The minimum Gasteiger partial charge on any atom is -0.344 e. The zero-order chi connectivity index (χ0) is 8.62. The summed E-state index contributed by atoms with van der Waals surface area (Å²) in [7, 11) is 0. The van der Waals surface area contributed by atoms with E-state index in [4.69, 9.17) is 5.73 Å². The summed E-state index contributed by atoms with van der Waals surface area (Å²) in [4.78, 5) is 0. The summed E-state index contributed by atoms with van der Waals surface area (Å²) < 4.78 is 32.4. The molecule has 0 radical (unpaired) electrons. The third-order valence-electron chi connectivity index (χ3n) is 0.690. The van der Waals surface area contributed by atoms with E-state index in [0.717, 1.165) is 19.9 Å². The molecule has 0 aromatic heterocycles. The van der Waals surface area contributed by atoms with Gasteiger partial charge in [0.25, 0.3) is 0 Å². The minimum absolute atomic E-state index is 0. The third kappa shape index (κ3) is 41.9. The first kappa shape index (κ1) is 17.0. The monoisotopic (exact) mass is 174 g/mol. The first-order chi connectivity index (χ1) is 4.47. The molecular weight excluding hydrogens is 157 g/mol. The van der Waals surface area contributed by atoms with E-state index in [9.17, 15) is 13.2 Å². The summed E-state index contributed by atoms with van der Waals surface area (Å²) in [6.45, 7) is 3.96. The van der Waals surface area contributed by atoms with Gasteiger partial charge in [-0.15, -0.1) is 0 Å². The molecular formula is C6H17F3N2. The van der Waals surface area contributed by atoms with Crippen LogP contribution in [-0.4, -0.2) is 12.7 Å². The van der Waals surface area contributed by atoms with Crippen LogP contribution in [-0.2, 0) is 0 Å². The van der Waals surface area contributed by atoms with Crippen molar-refractivity contribution in [3.8, 4) is 0 Å². The van der Waals surface area contributed by atoms with Gasteiger partial charge in [0.1, 0.15) is 0 Å². The van der Waals surface area contributed by atoms with Crippen molar-refractivity contribution >= 4 is 0 Å². The number of halogens is 3. The van der Waals surface area contributed by atoms with E-state index in [1.165, 1.54) is 0 Å². The van der Waals surface area contributed by atoms with Crippen LogP contribution in [0.1, 0.15) is 26.7 Å². The van der Waals surface area contributed by atoms with Crippen LogP contribution in [0.4, 0.5) is 13.2 Å². The van der Waals surface area contributed by atoms with E-state index in [1.54, 1.807) is 0 Å². The molecule has 0 saturated heterocycles. The van der Waals surface area contributed by atoms with Crippen LogP contribution in [0.25, 0.3) is 0 Å². The van der Waals surface area contributed by atoms with Crippen molar-refractivity contribution < 1.29 is 13.2 Å². The molecule has 0 unspecified atom stereocenters. The highest BCUT2D eigenvalue weighted by Gasteiger charge is 2.22. The minimum atomic E-state index is -3.96. The lowest BCUT2D eigenvalue weighted by molar-refractivity contribution is -0.130. The Balaban J connectivity index is -0.000000114. The van der Waals surface area contributed by atoms with Crippen LogP contribution in [0, 0.1) is 0 Å². The molecule has 0 saturated carbocycles. The van der Waals surface area contributed by atoms with Gasteiger partial charge in [0, 0.05) is 6.42 Å². The molecule has 0 heterocycles. The Morgan fingerprint density at radius 2 is 1.36 bits per heavy atom. The average molecular weight is 174 g/mol. The molecule has 0 bridgehead atoms. The van der Waals surface area contributed by atoms with Gasteiger partial charge in [0.05, 0.1) is 0 Å². The first-order valence-electron chi connectivity index (χ1n) is 3.24. The molecule has 0 aliphatic rings. The predicted molar refractivity (Wildman–Crippen MR) is 40.7 cm³/mol. The lowest BCUT2D eigenvalue weighted by Gasteiger charge is -1.96. The number of hydrogen-bond acceptors (Lipinski definition) is 2. The molecule has 2 nitrogen and oxygen atoms in total. The fraction of sp³-hybridized carbons (Fsp3) is 1.00. The normalized spacial score (nSPS) is 9.27. The summed E-state index contributed by atoms with van der Waals surface area (Å²) in [5, 5.41) is 0. The van der Waals surface area contributed by atoms with Gasteiger partial charge in [-0.25, -0.2) is 0 Å². The summed E-state index contributed by atoms with van der Waals surface area (Å²) in [6, 6.07) is 0. The predicted octanol–water partition coefficient (Wildman–Crippen LogP) is 2.48. The summed E-state index contributed by atoms with van der Waals surface area (Å²) in [5.41, 5.74) is 5.03. The van der Waals surface area contributed by atoms with Gasteiger partial charge in [-0.05, 0) is 13.0 Å². The van der Waals surface area contributed by atoms with E-state index in [2.05, 4.69) is 6.92 Å². The maximum Gasteiger partial charge on any atom is 0.388 e. The Hall–Kier alpha value is -0.290. The van der Waals surface area contributed by atoms with E-state index >= 15 is 0 Å². The van der Waals surface area contributed by atoms with E-state index in [0.29, 0.717) is 0 Å². The van der Waals surface area contributed by atoms with Gasteiger partial charge in [-0.2, -0.15) is 13.2 Å². The quantitative estimate of drug-likeness (QED) is 0.641. The molecule has 0 spiro atoms. The van der Waals surface area contributed by atoms with Gasteiger partial charge < -0.3 is 11.9 Å². The summed E-state index contributed by atoms with van der Waals surface area (Å²) >= 11 is 0. The van der Waals surface area contributed by atoms with Gasteiger partial charge in [-0.3, -0.25) is 0 Å². The third-order valence-corrected chi connectivity index (χ3v) is 0.690. The van der Waals surface area contributed by atoms with Gasteiger partial charge in [0.15, 0.2) is 0 Å². The molecule has 0 aromatic rings. The number of alkyl halides is 3. The molecule has 0 aliphatic heterocycles. The topological polar surface area (TPSA) is 61.0 Å². The van der Waals surface area contributed by atoms with Crippen LogP contribution in [0.15, 0.2) is 0 Å². The fourth-order valence-corrected chi connectivity index (χ4v) is 0. The van der Waals surface area contributed by atoms with Crippen molar-refractivity contribution in [1.82, 2.24) is 6.15 Å². The molecule has 0 aliphatic carbocycles. The second-order valence-electron chi connectivity index (χ2n) is 1.76. The maximum absolute atomic E-state index is 10.8. The highest BCUT2D eigenvalue weighted by molar-refractivity contribution is 4.39. The lowest BCUT2D eigenvalue weighted by atomic mass is 10.5. The van der Waals surface area contributed by atoms with Crippen LogP contribution < -0.4 is 11.9 Å². The molecule has 5 N–H and O–H groups in total. The first-order valence-corrected chi connectivity index (χ1v) is 3.24. The largest absolute Gasteiger partial charge is 0.388 e. The Morgan fingerprint density at radius 3 is 1.36 bits per heavy atom. The SMILES string of the molecule is CCC(F)(F)F.CCCN.N. The lowest BCUT2D eigenvalue weighted by Crippen LogP contribution is -2.02. The molecule has 0 fully saturated rings. The van der Waals surface area contributed by atoms with Crippen LogP contribution in [0.5, 0.6) is 0 Å². The zero-order valence-electron chi connectivity index (χ0n) is 7.04. The number of hydrogen-bond donors (Lipinski definition) is 2. The number of rotatable bonds is 1. The molecule has 0 amide bonds. The molecule has 72 valence electrons. The second-order valence-corrected chi connectivity index (χ2v) is 1.76. The molecule has 0 atom stereocenters. The van der Waals surface area contributed by atoms with Crippen LogP contribution in [0.2, 0.25) is 0 Å². The molecule has 0 rings (SSSR count). The smallest absolute Gasteiger partial charge is 0.344 e. The standard InChI is InChI=1S/C3H5F3.C3H9N.H3N/c1-2-3(4,5)6;1-2-3-4;/h2H2,1H3;2-4H2,1H3;1H3. The van der Waals surface area contributed by atoms with Crippen molar-refractivity contribution in [1.29, 1.82) is 0 Å². The summed E-state index contributed by atoms with van der Waals surface area (Å²) in [6.07, 6.45) is -3.59. The van der Waals surface area contributed by atoms with Gasteiger partial charge in [0.2, 0.25) is 0 Å². The van der Waals surface area contributed by atoms with Crippen molar-refractivity contribution in [3.05, 3.63) is 0 Å². The average Bonchev–Trinajstić information content (AvgIpc) is 1.87. The zero-order valence-corrected chi connectivity index (χ0v) is 7.04. The van der Waals surface area contributed by atoms with Crippen LogP contribution in [0.3, 0.4) is 0 Å². The maximum atomic E-state index is 10.8. The van der Waals surface area contributed by atoms with E-state index < -0.39 is 12.6 Å². The molecule has 11 heavy (non-hydrogen) atoms. The Morgan fingerprint density at radius 1 is 1.18 bits per heavy atom. The van der Waals surface area contributed by atoms with Gasteiger partial charge >= 0.3 is 6.18 Å². The van der Waals surface area contributed by atoms with Crippen molar-refractivity contribution in [2.45, 2.75) is 32.9 Å². The van der Waals surface area contributed by atoms with Crippen molar-refractivity contribution in [2.75, 3.05) is 6.54 Å². The number of nitrogens with two attached hydrogens (primary N) is 1. The second kappa shape index (κ2) is 9.71. The van der Waals surface area contributed by atoms with Crippen molar-refractivity contribution in [3.63, 3.8) is 0 Å². The fourth-order valence-electron chi connectivity index (χ4n) is 0. The van der Waals surface area contributed by atoms with Gasteiger partial charge in [-0.1, -0.05) is 13.8 Å². The van der Waals surface area contributed by atoms with Crippen LogP contribution >= 0.6 is 0 Å². The molecule has 0 aromatic carbocycles. The van der Waals surface area contributed by atoms with E-state index in [1.807, 2.05) is 0 Å².